The molecule has 0 radical (unpaired) electrons. The van der Waals surface area contributed by atoms with Crippen LogP contribution in [0.25, 0.3) is 0 Å². The molecule has 1 aromatic carbocycles. The van der Waals surface area contributed by atoms with Gasteiger partial charge in [-0.05, 0) is 37.1 Å². The first-order valence-electron chi connectivity index (χ1n) is 6.66. The smallest absolute Gasteiger partial charge is 0.175 e. The zero-order chi connectivity index (χ0) is 13.9. The van der Waals surface area contributed by atoms with E-state index in [1.165, 1.54) is 6.26 Å². The summed E-state index contributed by atoms with van der Waals surface area (Å²) in [5, 5.41) is 3.35. The van der Waals surface area contributed by atoms with Crippen LogP contribution in [-0.2, 0) is 14.6 Å². The Bertz CT molecular complexity index is 510. The lowest BCUT2D eigenvalue weighted by atomic mass is 9.99. The van der Waals surface area contributed by atoms with Gasteiger partial charge in [-0.3, -0.25) is 0 Å². The van der Waals surface area contributed by atoms with Crippen LogP contribution in [-0.4, -0.2) is 33.9 Å². The maximum atomic E-state index is 11.4. The van der Waals surface area contributed by atoms with Crippen LogP contribution in [0.2, 0.25) is 0 Å². The standard InChI is InChI=1S/C14H21NO3S/c1-3-14-11(8-9-18-14)10-15-12-4-6-13(7-5-12)19(2,16)17/h4-7,11,14-15H,3,8-10H2,1-2H3. The van der Waals surface area contributed by atoms with Crippen molar-refractivity contribution in [3.05, 3.63) is 24.3 Å². The van der Waals surface area contributed by atoms with Gasteiger partial charge in [0, 0.05) is 31.0 Å². The van der Waals surface area contributed by atoms with Gasteiger partial charge < -0.3 is 10.1 Å². The molecular formula is C14H21NO3S. The first-order valence-corrected chi connectivity index (χ1v) is 8.55. The maximum absolute atomic E-state index is 11.4. The highest BCUT2D eigenvalue weighted by Gasteiger charge is 2.26. The lowest BCUT2D eigenvalue weighted by Crippen LogP contribution is -2.22. The van der Waals surface area contributed by atoms with E-state index in [4.69, 9.17) is 4.74 Å². The van der Waals surface area contributed by atoms with Crippen LogP contribution in [0.15, 0.2) is 29.2 Å². The van der Waals surface area contributed by atoms with Gasteiger partial charge in [0.05, 0.1) is 11.0 Å². The van der Waals surface area contributed by atoms with Crippen LogP contribution in [0, 0.1) is 5.92 Å². The Morgan fingerprint density at radius 2 is 2.00 bits per heavy atom. The molecule has 1 saturated heterocycles. The lowest BCUT2D eigenvalue weighted by Gasteiger charge is -2.18. The van der Waals surface area contributed by atoms with Gasteiger partial charge in [-0.25, -0.2) is 8.42 Å². The van der Waals surface area contributed by atoms with Crippen LogP contribution in [0.1, 0.15) is 19.8 Å². The maximum Gasteiger partial charge on any atom is 0.175 e. The van der Waals surface area contributed by atoms with Crippen molar-refractivity contribution in [2.24, 2.45) is 5.92 Å². The molecular weight excluding hydrogens is 262 g/mol. The molecule has 0 bridgehead atoms. The molecule has 0 saturated carbocycles. The summed E-state index contributed by atoms with van der Waals surface area (Å²) >= 11 is 0. The minimum atomic E-state index is -3.11. The Balaban J connectivity index is 1.93. The number of rotatable bonds is 5. The molecule has 4 nitrogen and oxygen atoms in total. The van der Waals surface area contributed by atoms with E-state index in [0.29, 0.717) is 16.9 Å². The Labute approximate surface area is 115 Å². The number of benzene rings is 1. The number of hydrogen-bond donors (Lipinski definition) is 1. The van der Waals surface area contributed by atoms with E-state index in [-0.39, 0.29) is 0 Å². The second kappa shape index (κ2) is 5.92. The summed E-state index contributed by atoms with van der Waals surface area (Å²) in [5.74, 6) is 0.541. The second-order valence-corrected chi connectivity index (χ2v) is 7.06. The van der Waals surface area contributed by atoms with Gasteiger partial charge in [-0.2, -0.15) is 0 Å². The van der Waals surface area contributed by atoms with Crippen molar-refractivity contribution < 1.29 is 13.2 Å². The predicted molar refractivity (Wildman–Crippen MR) is 76.2 cm³/mol. The van der Waals surface area contributed by atoms with Gasteiger partial charge in [0.1, 0.15) is 0 Å². The highest BCUT2D eigenvalue weighted by Crippen LogP contribution is 2.24. The van der Waals surface area contributed by atoms with Crippen LogP contribution in [0.4, 0.5) is 5.69 Å². The largest absolute Gasteiger partial charge is 0.385 e. The third kappa shape index (κ3) is 3.70. The van der Waals surface area contributed by atoms with E-state index in [2.05, 4.69) is 12.2 Å². The van der Waals surface area contributed by atoms with Crippen molar-refractivity contribution in [2.45, 2.75) is 30.8 Å². The molecule has 1 heterocycles. The zero-order valence-electron chi connectivity index (χ0n) is 11.4. The third-order valence-corrected chi connectivity index (χ3v) is 4.73. The number of hydrogen-bond acceptors (Lipinski definition) is 4. The van der Waals surface area contributed by atoms with Crippen molar-refractivity contribution in [2.75, 3.05) is 24.7 Å². The number of ether oxygens (including phenoxy) is 1. The minimum Gasteiger partial charge on any atom is -0.385 e. The zero-order valence-corrected chi connectivity index (χ0v) is 12.2. The minimum absolute atomic E-state index is 0.350. The Morgan fingerprint density at radius 3 is 2.58 bits per heavy atom. The molecule has 1 aliphatic heterocycles. The molecule has 5 heteroatoms. The topological polar surface area (TPSA) is 55.4 Å². The summed E-state index contributed by atoms with van der Waals surface area (Å²) in [7, 11) is -3.11. The van der Waals surface area contributed by atoms with Crippen LogP contribution in [0.5, 0.6) is 0 Å². The molecule has 1 aromatic rings. The van der Waals surface area contributed by atoms with E-state index >= 15 is 0 Å². The fourth-order valence-corrected chi connectivity index (χ4v) is 3.08. The lowest BCUT2D eigenvalue weighted by molar-refractivity contribution is 0.0900. The van der Waals surface area contributed by atoms with Crippen molar-refractivity contribution in [1.29, 1.82) is 0 Å². The molecule has 0 aromatic heterocycles. The summed E-state index contributed by atoms with van der Waals surface area (Å²) in [5.41, 5.74) is 0.953. The van der Waals surface area contributed by atoms with Crippen molar-refractivity contribution in [3.63, 3.8) is 0 Å². The summed E-state index contributed by atoms with van der Waals surface area (Å²) < 4.78 is 28.4. The summed E-state index contributed by atoms with van der Waals surface area (Å²) in [6.45, 7) is 3.86. The van der Waals surface area contributed by atoms with Gasteiger partial charge in [-0.1, -0.05) is 6.92 Å². The van der Waals surface area contributed by atoms with E-state index in [0.717, 1.165) is 31.7 Å². The fraction of sp³-hybridized carbons (Fsp3) is 0.571. The van der Waals surface area contributed by atoms with Gasteiger partial charge in [0.15, 0.2) is 9.84 Å². The van der Waals surface area contributed by atoms with Crippen LogP contribution < -0.4 is 5.32 Å². The fourth-order valence-electron chi connectivity index (χ4n) is 2.45. The second-order valence-electron chi connectivity index (χ2n) is 5.04. The van der Waals surface area contributed by atoms with Gasteiger partial charge in [-0.15, -0.1) is 0 Å². The molecule has 1 fully saturated rings. The van der Waals surface area contributed by atoms with E-state index < -0.39 is 9.84 Å². The summed E-state index contributed by atoms with van der Waals surface area (Å²) in [4.78, 5) is 0.355. The van der Waals surface area contributed by atoms with Gasteiger partial charge >= 0.3 is 0 Å². The molecule has 19 heavy (non-hydrogen) atoms. The van der Waals surface area contributed by atoms with Crippen LogP contribution >= 0.6 is 0 Å². The molecule has 1 aliphatic rings. The first-order chi connectivity index (χ1) is 9.00. The monoisotopic (exact) mass is 283 g/mol. The quantitative estimate of drug-likeness (QED) is 0.901. The molecule has 1 N–H and O–H groups in total. The molecule has 0 spiro atoms. The van der Waals surface area contributed by atoms with E-state index in [1.807, 2.05) is 12.1 Å². The Morgan fingerprint density at radius 1 is 1.32 bits per heavy atom. The molecule has 0 aliphatic carbocycles. The van der Waals surface area contributed by atoms with Crippen molar-refractivity contribution in [3.8, 4) is 0 Å². The van der Waals surface area contributed by atoms with E-state index in [9.17, 15) is 8.42 Å². The van der Waals surface area contributed by atoms with Crippen molar-refractivity contribution >= 4 is 15.5 Å². The molecule has 106 valence electrons. The Kier molecular flexibility index (Phi) is 4.47. The van der Waals surface area contributed by atoms with Crippen molar-refractivity contribution in [1.82, 2.24) is 0 Å². The molecule has 2 rings (SSSR count). The Hall–Kier alpha value is -1.07. The summed E-state index contributed by atoms with van der Waals surface area (Å²) in [6.07, 6.45) is 3.70. The SMILES string of the molecule is CCC1OCCC1CNc1ccc(S(C)(=O)=O)cc1. The van der Waals surface area contributed by atoms with Gasteiger partial charge in [0.2, 0.25) is 0 Å². The highest BCUT2D eigenvalue weighted by molar-refractivity contribution is 7.90. The third-order valence-electron chi connectivity index (χ3n) is 3.60. The van der Waals surface area contributed by atoms with E-state index in [1.54, 1.807) is 12.1 Å². The average Bonchev–Trinajstić information content (AvgIpc) is 2.83. The molecule has 2 unspecified atom stereocenters. The normalized spacial score (nSPS) is 23.5. The molecule has 0 amide bonds. The predicted octanol–water partition coefficient (Wildman–Crippen LogP) is 2.32. The number of anilines is 1. The number of nitrogens with one attached hydrogen (secondary N) is 1. The average molecular weight is 283 g/mol. The highest BCUT2D eigenvalue weighted by atomic mass is 32.2. The number of sulfone groups is 1. The first kappa shape index (κ1) is 14.3. The molecule has 2 atom stereocenters. The van der Waals surface area contributed by atoms with Crippen LogP contribution in [0.3, 0.4) is 0 Å². The van der Waals surface area contributed by atoms with Gasteiger partial charge in [0.25, 0.3) is 0 Å². The summed E-state index contributed by atoms with van der Waals surface area (Å²) in [6, 6.07) is 6.90.